The smallest absolute Gasteiger partial charge is 0.222 e. The minimum atomic E-state index is 0.318. The molecule has 1 radical (unpaired) electrons. The molecule has 0 N–H and O–H groups in total. The van der Waals surface area contributed by atoms with Crippen molar-refractivity contribution in [3.05, 3.63) is 6.92 Å². The highest BCUT2D eigenvalue weighted by atomic mass is 16.2. The van der Waals surface area contributed by atoms with Crippen molar-refractivity contribution in [3.8, 4) is 0 Å². The van der Waals surface area contributed by atoms with Gasteiger partial charge in [0.25, 0.3) is 0 Å². The Balaban J connectivity index is 2.41. The Morgan fingerprint density at radius 1 is 1.33 bits per heavy atom. The molecular formula is C13H24NO. The average Bonchev–Trinajstić information content (AvgIpc) is 2.29. The van der Waals surface area contributed by atoms with Crippen molar-refractivity contribution < 1.29 is 4.79 Å². The SMILES string of the molecule is [CH2]CN(C(=O)CCCC)C1CCCCC1. The van der Waals surface area contributed by atoms with E-state index in [0.29, 0.717) is 24.9 Å². The Labute approximate surface area is 94.0 Å². The Morgan fingerprint density at radius 2 is 2.00 bits per heavy atom. The molecule has 0 heterocycles. The van der Waals surface area contributed by atoms with Gasteiger partial charge in [-0.15, -0.1) is 0 Å². The predicted molar refractivity (Wildman–Crippen MR) is 63.5 cm³/mol. The Hall–Kier alpha value is -0.530. The summed E-state index contributed by atoms with van der Waals surface area (Å²) in [6, 6.07) is 0.487. The highest BCUT2D eigenvalue weighted by Gasteiger charge is 2.23. The number of carbonyl (C=O) groups is 1. The standard InChI is InChI=1S/C13H24NO/c1-3-5-11-13(15)14(4-2)12-9-7-6-8-10-12/h12H,2-11H2,1H3. The van der Waals surface area contributed by atoms with Gasteiger partial charge in [0.15, 0.2) is 0 Å². The third kappa shape index (κ3) is 3.84. The Bertz CT molecular complexity index is 185. The zero-order valence-corrected chi connectivity index (χ0v) is 10.0. The molecule has 1 rings (SSSR count). The Morgan fingerprint density at radius 3 is 2.53 bits per heavy atom. The third-order valence-corrected chi connectivity index (χ3v) is 3.32. The zero-order valence-electron chi connectivity index (χ0n) is 10.0. The van der Waals surface area contributed by atoms with Gasteiger partial charge in [0.05, 0.1) is 0 Å². The van der Waals surface area contributed by atoms with Crippen LogP contribution in [0.5, 0.6) is 0 Å². The van der Waals surface area contributed by atoms with Crippen LogP contribution in [0, 0.1) is 6.92 Å². The average molecular weight is 210 g/mol. The van der Waals surface area contributed by atoms with E-state index in [2.05, 4.69) is 13.8 Å². The number of hydrogen-bond donors (Lipinski definition) is 0. The number of carbonyl (C=O) groups excluding carboxylic acids is 1. The molecule has 2 heteroatoms. The summed E-state index contributed by atoms with van der Waals surface area (Å²) in [6.45, 7) is 6.67. The van der Waals surface area contributed by atoms with Gasteiger partial charge in [0, 0.05) is 19.0 Å². The normalized spacial score (nSPS) is 17.7. The highest BCUT2D eigenvalue weighted by Crippen LogP contribution is 2.23. The number of amides is 1. The minimum Gasteiger partial charge on any atom is -0.340 e. The predicted octanol–water partition coefficient (Wildman–Crippen LogP) is 3.17. The molecule has 0 aromatic rings. The van der Waals surface area contributed by atoms with Crippen molar-refractivity contribution in [1.29, 1.82) is 0 Å². The molecule has 0 saturated heterocycles. The van der Waals surface area contributed by atoms with E-state index in [1.165, 1.54) is 32.1 Å². The van der Waals surface area contributed by atoms with Gasteiger partial charge in [-0.25, -0.2) is 0 Å². The molecular weight excluding hydrogens is 186 g/mol. The summed E-state index contributed by atoms with van der Waals surface area (Å²) in [7, 11) is 0. The van der Waals surface area contributed by atoms with E-state index in [4.69, 9.17) is 0 Å². The van der Waals surface area contributed by atoms with Crippen molar-refractivity contribution in [1.82, 2.24) is 4.90 Å². The van der Waals surface area contributed by atoms with E-state index in [1.54, 1.807) is 0 Å². The van der Waals surface area contributed by atoms with Crippen LogP contribution in [-0.2, 0) is 4.79 Å². The largest absolute Gasteiger partial charge is 0.340 e. The van der Waals surface area contributed by atoms with E-state index in [0.717, 1.165) is 12.8 Å². The van der Waals surface area contributed by atoms with Crippen LogP contribution in [0.2, 0.25) is 0 Å². The summed E-state index contributed by atoms with van der Waals surface area (Å²) >= 11 is 0. The van der Waals surface area contributed by atoms with Gasteiger partial charge in [-0.3, -0.25) is 4.79 Å². The summed E-state index contributed by atoms with van der Waals surface area (Å²) in [4.78, 5) is 13.9. The van der Waals surface area contributed by atoms with Gasteiger partial charge < -0.3 is 4.90 Å². The van der Waals surface area contributed by atoms with Crippen molar-refractivity contribution in [2.24, 2.45) is 0 Å². The van der Waals surface area contributed by atoms with E-state index in [9.17, 15) is 4.79 Å². The van der Waals surface area contributed by atoms with Gasteiger partial charge in [0.2, 0.25) is 5.91 Å². The second kappa shape index (κ2) is 6.86. The number of rotatable bonds is 5. The van der Waals surface area contributed by atoms with Crippen molar-refractivity contribution in [2.45, 2.75) is 64.3 Å². The summed E-state index contributed by atoms with van der Waals surface area (Å²) < 4.78 is 0. The first kappa shape index (κ1) is 12.5. The molecule has 1 fully saturated rings. The molecule has 0 bridgehead atoms. The Kier molecular flexibility index (Phi) is 5.74. The quantitative estimate of drug-likeness (QED) is 0.682. The lowest BCUT2D eigenvalue weighted by molar-refractivity contribution is -0.133. The second-order valence-electron chi connectivity index (χ2n) is 4.48. The maximum absolute atomic E-state index is 11.9. The lowest BCUT2D eigenvalue weighted by Gasteiger charge is -2.33. The monoisotopic (exact) mass is 210 g/mol. The van der Waals surface area contributed by atoms with Crippen LogP contribution in [-0.4, -0.2) is 23.4 Å². The number of unbranched alkanes of at least 4 members (excludes halogenated alkanes) is 1. The van der Waals surface area contributed by atoms with E-state index >= 15 is 0 Å². The molecule has 0 aromatic carbocycles. The molecule has 15 heavy (non-hydrogen) atoms. The molecule has 0 unspecified atom stereocenters. The van der Waals surface area contributed by atoms with Gasteiger partial charge in [-0.05, 0) is 26.2 Å². The topological polar surface area (TPSA) is 20.3 Å². The third-order valence-electron chi connectivity index (χ3n) is 3.32. The summed E-state index contributed by atoms with van der Waals surface area (Å²) in [5.74, 6) is 0.318. The molecule has 1 amide bonds. The molecule has 1 saturated carbocycles. The highest BCUT2D eigenvalue weighted by molar-refractivity contribution is 5.76. The minimum absolute atomic E-state index is 0.318. The molecule has 0 aromatic heterocycles. The first-order valence-electron chi connectivity index (χ1n) is 6.38. The first-order chi connectivity index (χ1) is 7.29. The van der Waals surface area contributed by atoms with Gasteiger partial charge in [-0.2, -0.15) is 0 Å². The van der Waals surface area contributed by atoms with Crippen molar-refractivity contribution in [3.63, 3.8) is 0 Å². The second-order valence-corrected chi connectivity index (χ2v) is 4.48. The molecule has 2 nitrogen and oxygen atoms in total. The van der Waals surface area contributed by atoms with E-state index in [-0.39, 0.29) is 0 Å². The van der Waals surface area contributed by atoms with Crippen LogP contribution in [0.4, 0.5) is 0 Å². The zero-order chi connectivity index (χ0) is 11.1. The fourth-order valence-corrected chi connectivity index (χ4v) is 2.38. The van der Waals surface area contributed by atoms with Crippen molar-refractivity contribution >= 4 is 5.91 Å². The van der Waals surface area contributed by atoms with Gasteiger partial charge in [-0.1, -0.05) is 32.6 Å². The lowest BCUT2D eigenvalue weighted by Crippen LogP contribution is -2.41. The summed E-state index contributed by atoms with van der Waals surface area (Å²) in [5.41, 5.74) is 0. The molecule has 1 aliphatic rings. The molecule has 0 aliphatic heterocycles. The van der Waals surface area contributed by atoms with Gasteiger partial charge >= 0.3 is 0 Å². The van der Waals surface area contributed by atoms with Crippen molar-refractivity contribution in [2.75, 3.05) is 6.54 Å². The van der Waals surface area contributed by atoms with E-state index < -0.39 is 0 Å². The maximum Gasteiger partial charge on any atom is 0.222 e. The molecule has 87 valence electrons. The fourth-order valence-electron chi connectivity index (χ4n) is 2.38. The van der Waals surface area contributed by atoms with E-state index in [1.807, 2.05) is 4.90 Å². The first-order valence-corrected chi connectivity index (χ1v) is 6.38. The van der Waals surface area contributed by atoms with Crippen LogP contribution in [0.15, 0.2) is 0 Å². The lowest BCUT2D eigenvalue weighted by atomic mass is 9.94. The van der Waals surface area contributed by atoms with Gasteiger partial charge in [0.1, 0.15) is 0 Å². The number of nitrogens with zero attached hydrogens (tertiary/aromatic N) is 1. The summed E-state index contributed by atoms with van der Waals surface area (Å²) in [5, 5.41) is 0. The maximum atomic E-state index is 11.9. The van der Waals surface area contributed by atoms with Crippen LogP contribution < -0.4 is 0 Å². The van der Waals surface area contributed by atoms with Crippen LogP contribution in [0.1, 0.15) is 58.3 Å². The number of hydrogen-bond acceptors (Lipinski definition) is 1. The van der Waals surface area contributed by atoms with Crippen LogP contribution >= 0.6 is 0 Å². The van der Waals surface area contributed by atoms with Crippen LogP contribution in [0.3, 0.4) is 0 Å². The summed E-state index contributed by atoms with van der Waals surface area (Å²) in [6.07, 6.45) is 9.10. The molecule has 0 spiro atoms. The van der Waals surface area contributed by atoms with Crippen LogP contribution in [0.25, 0.3) is 0 Å². The fraction of sp³-hybridized carbons (Fsp3) is 0.846. The molecule has 1 aliphatic carbocycles. The molecule has 0 atom stereocenters.